The number of halogens is 1. The summed E-state index contributed by atoms with van der Waals surface area (Å²) in [6, 6.07) is 12.8. The molecular weight excluding hydrogens is 306 g/mol. The Morgan fingerprint density at radius 3 is 2.36 bits per heavy atom. The topological polar surface area (TPSA) is 92.8 Å². The fraction of sp³-hybridized carbons (Fsp3) is 0.188. The lowest BCUT2D eigenvalue weighted by Crippen LogP contribution is -2.34. The zero-order valence-corrected chi connectivity index (χ0v) is 12.6. The van der Waals surface area contributed by atoms with Crippen molar-refractivity contribution in [2.45, 2.75) is 19.1 Å². The molecule has 0 spiro atoms. The van der Waals surface area contributed by atoms with Crippen LogP contribution in [0, 0.1) is 0 Å². The fourth-order valence-electron chi connectivity index (χ4n) is 1.87. The first kappa shape index (κ1) is 17.8. The molecule has 0 bridgehead atoms. The molecule has 0 fully saturated rings. The summed E-state index contributed by atoms with van der Waals surface area (Å²) in [5.41, 5.74) is 7.32. The van der Waals surface area contributed by atoms with Crippen molar-refractivity contribution in [2.75, 3.05) is 0 Å². The van der Waals surface area contributed by atoms with Gasteiger partial charge in [-0.1, -0.05) is 36.4 Å². The molecule has 0 amide bonds. The Morgan fingerprint density at radius 1 is 1.05 bits per heavy atom. The molecule has 0 saturated carbocycles. The first-order chi connectivity index (χ1) is 10.1. The predicted molar refractivity (Wildman–Crippen MR) is 84.9 cm³/mol. The van der Waals surface area contributed by atoms with Gasteiger partial charge < -0.3 is 20.7 Å². The molecule has 2 rings (SSSR count). The highest BCUT2D eigenvalue weighted by molar-refractivity contribution is 5.85. The molecule has 22 heavy (non-hydrogen) atoms. The van der Waals surface area contributed by atoms with E-state index in [1.807, 2.05) is 30.3 Å². The van der Waals surface area contributed by atoms with Crippen LogP contribution in [0.4, 0.5) is 0 Å². The highest BCUT2D eigenvalue weighted by Gasteiger charge is 2.16. The van der Waals surface area contributed by atoms with Crippen molar-refractivity contribution in [3.05, 3.63) is 59.7 Å². The number of carbonyl (C=O) groups is 1. The fourth-order valence-corrected chi connectivity index (χ4v) is 1.87. The van der Waals surface area contributed by atoms with Crippen molar-refractivity contribution >= 4 is 18.4 Å². The van der Waals surface area contributed by atoms with Gasteiger partial charge in [-0.3, -0.25) is 4.79 Å². The zero-order valence-electron chi connectivity index (χ0n) is 11.8. The molecule has 2 aromatic rings. The number of aromatic hydroxyl groups is 2. The number of esters is 1. The largest absolute Gasteiger partial charge is 0.504 e. The van der Waals surface area contributed by atoms with Gasteiger partial charge >= 0.3 is 5.97 Å². The van der Waals surface area contributed by atoms with Gasteiger partial charge in [-0.15, -0.1) is 12.4 Å². The van der Waals surface area contributed by atoms with Crippen LogP contribution in [0.2, 0.25) is 0 Å². The van der Waals surface area contributed by atoms with Gasteiger partial charge in [-0.2, -0.15) is 0 Å². The van der Waals surface area contributed by atoms with E-state index in [0.29, 0.717) is 5.56 Å². The maximum Gasteiger partial charge on any atom is 0.323 e. The van der Waals surface area contributed by atoms with E-state index in [-0.39, 0.29) is 36.9 Å². The van der Waals surface area contributed by atoms with E-state index >= 15 is 0 Å². The number of carbonyl (C=O) groups excluding carboxylic acids is 1. The Kier molecular flexibility index (Phi) is 6.69. The van der Waals surface area contributed by atoms with Crippen molar-refractivity contribution in [2.24, 2.45) is 5.73 Å². The number of phenolic OH excluding ortho intramolecular Hbond substituents is 2. The number of nitrogens with two attached hydrogens (primary N) is 1. The molecule has 0 heterocycles. The van der Waals surface area contributed by atoms with Crippen LogP contribution in [0.25, 0.3) is 0 Å². The lowest BCUT2D eigenvalue weighted by Gasteiger charge is -2.12. The molecule has 0 radical (unpaired) electrons. The highest BCUT2D eigenvalue weighted by Crippen LogP contribution is 2.25. The minimum absolute atomic E-state index is 0. The molecule has 0 aliphatic rings. The van der Waals surface area contributed by atoms with E-state index < -0.39 is 12.0 Å². The summed E-state index contributed by atoms with van der Waals surface area (Å²) in [5, 5.41) is 18.6. The number of hydrogen-bond acceptors (Lipinski definition) is 5. The molecule has 5 nitrogen and oxygen atoms in total. The highest BCUT2D eigenvalue weighted by atomic mass is 35.5. The third kappa shape index (κ3) is 4.95. The summed E-state index contributed by atoms with van der Waals surface area (Å²) < 4.78 is 5.14. The Morgan fingerprint density at radius 2 is 1.73 bits per heavy atom. The van der Waals surface area contributed by atoms with Gasteiger partial charge in [0.1, 0.15) is 12.6 Å². The zero-order chi connectivity index (χ0) is 15.2. The first-order valence-electron chi connectivity index (χ1n) is 6.53. The summed E-state index contributed by atoms with van der Waals surface area (Å²) in [7, 11) is 0. The number of ether oxygens (including phenoxy) is 1. The summed E-state index contributed by atoms with van der Waals surface area (Å²) in [6.07, 6.45) is 0.224. The minimum atomic E-state index is -0.822. The predicted octanol–water partition coefficient (Wildman–Crippen LogP) is 2.13. The van der Waals surface area contributed by atoms with E-state index in [2.05, 4.69) is 0 Å². The Labute approximate surface area is 134 Å². The van der Waals surface area contributed by atoms with E-state index in [9.17, 15) is 15.0 Å². The van der Waals surface area contributed by atoms with Crippen LogP contribution in [0.15, 0.2) is 48.5 Å². The van der Waals surface area contributed by atoms with Crippen LogP contribution in [-0.4, -0.2) is 22.2 Å². The summed E-state index contributed by atoms with van der Waals surface area (Å²) in [6.45, 7) is 0.175. The Balaban J connectivity index is 0.00000242. The van der Waals surface area contributed by atoms with Gasteiger partial charge in [0.15, 0.2) is 11.5 Å². The minimum Gasteiger partial charge on any atom is -0.504 e. The third-order valence-electron chi connectivity index (χ3n) is 3.02. The number of phenols is 2. The second-order valence-electron chi connectivity index (χ2n) is 4.73. The van der Waals surface area contributed by atoms with Crippen LogP contribution < -0.4 is 5.73 Å². The second kappa shape index (κ2) is 8.26. The van der Waals surface area contributed by atoms with Crippen LogP contribution in [0.3, 0.4) is 0 Å². The van der Waals surface area contributed by atoms with Gasteiger partial charge in [-0.05, 0) is 29.7 Å². The summed E-state index contributed by atoms with van der Waals surface area (Å²) in [5.74, 6) is -0.956. The van der Waals surface area contributed by atoms with Crippen molar-refractivity contribution in [1.82, 2.24) is 0 Å². The standard InChI is InChI=1S/C16H17NO4.ClH/c17-13(8-12-6-7-14(18)15(19)9-12)16(20)21-10-11-4-2-1-3-5-11;/h1-7,9,13,18-19H,8,10,17H2;1H/t13-;/m0./s1. The monoisotopic (exact) mass is 323 g/mol. The van der Waals surface area contributed by atoms with Gasteiger partial charge in [0.2, 0.25) is 0 Å². The number of rotatable bonds is 5. The Bertz CT molecular complexity index is 619. The lowest BCUT2D eigenvalue weighted by molar-refractivity contribution is -0.146. The molecular formula is C16H18ClNO4. The molecule has 2 aromatic carbocycles. The maximum absolute atomic E-state index is 11.8. The summed E-state index contributed by atoms with van der Waals surface area (Å²) in [4.78, 5) is 11.8. The maximum atomic E-state index is 11.8. The average molecular weight is 324 g/mol. The van der Waals surface area contributed by atoms with Gasteiger partial charge in [0.05, 0.1) is 0 Å². The van der Waals surface area contributed by atoms with Gasteiger partial charge in [0, 0.05) is 0 Å². The smallest absolute Gasteiger partial charge is 0.323 e. The second-order valence-corrected chi connectivity index (χ2v) is 4.73. The SMILES string of the molecule is Cl.N[C@@H](Cc1ccc(O)c(O)c1)C(=O)OCc1ccccc1. The van der Waals surface area contributed by atoms with Gasteiger partial charge in [0.25, 0.3) is 0 Å². The quantitative estimate of drug-likeness (QED) is 0.579. The average Bonchev–Trinajstić information content (AvgIpc) is 2.49. The molecule has 0 saturated heterocycles. The van der Waals surface area contributed by atoms with Crippen LogP contribution in [0.5, 0.6) is 11.5 Å². The van der Waals surface area contributed by atoms with Gasteiger partial charge in [-0.25, -0.2) is 0 Å². The summed E-state index contributed by atoms with van der Waals surface area (Å²) >= 11 is 0. The van der Waals surface area contributed by atoms with Crippen molar-refractivity contribution in [1.29, 1.82) is 0 Å². The molecule has 0 aliphatic carbocycles. The lowest BCUT2D eigenvalue weighted by atomic mass is 10.1. The molecule has 0 unspecified atom stereocenters. The molecule has 118 valence electrons. The molecule has 0 aromatic heterocycles. The van der Waals surface area contributed by atoms with E-state index in [4.69, 9.17) is 10.5 Å². The third-order valence-corrected chi connectivity index (χ3v) is 3.02. The number of hydrogen-bond donors (Lipinski definition) is 3. The van der Waals surface area contributed by atoms with Crippen molar-refractivity contribution in [3.63, 3.8) is 0 Å². The first-order valence-corrected chi connectivity index (χ1v) is 6.53. The molecule has 0 aliphatic heterocycles. The van der Waals surface area contributed by atoms with Crippen molar-refractivity contribution < 1.29 is 19.7 Å². The number of benzene rings is 2. The van der Waals surface area contributed by atoms with Crippen LogP contribution >= 0.6 is 12.4 Å². The van der Waals surface area contributed by atoms with E-state index in [0.717, 1.165) is 5.56 Å². The van der Waals surface area contributed by atoms with Crippen LogP contribution in [-0.2, 0) is 22.6 Å². The normalized spacial score (nSPS) is 11.3. The van der Waals surface area contributed by atoms with Crippen LogP contribution in [0.1, 0.15) is 11.1 Å². The van der Waals surface area contributed by atoms with E-state index in [1.54, 1.807) is 6.07 Å². The molecule has 6 heteroatoms. The Hall–Kier alpha value is -2.24. The van der Waals surface area contributed by atoms with E-state index in [1.165, 1.54) is 12.1 Å². The van der Waals surface area contributed by atoms with Crippen molar-refractivity contribution in [3.8, 4) is 11.5 Å². The molecule has 4 N–H and O–H groups in total. The molecule has 1 atom stereocenters.